The predicted octanol–water partition coefficient (Wildman–Crippen LogP) is 10.4. The lowest BCUT2D eigenvalue weighted by atomic mass is 9.32. The number of hydrogen-bond donors (Lipinski definition) is 0. The van der Waals surface area contributed by atoms with Crippen LogP contribution >= 0.6 is 0 Å². The van der Waals surface area contributed by atoms with Crippen molar-refractivity contribution in [2.75, 3.05) is 9.80 Å². The van der Waals surface area contributed by atoms with Gasteiger partial charge in [0.1, 0.15) is 11.6 Å². The largest absolute Gasteiger partial charge is 0.309 e. The van der Waals surface area contributed by atoms with Gasteiger partial charge < -0.3 is 9.80 Å². The molecule has 246 valence electrons. The molecule has 10 rings (SSSR count). The van der Waals surface area contributed by atoms with Crippen molar-refractivity contribution >= 4 is 68.0 Å². The van der Waals surface area contributed by atoms with Gasteiger partial charge in [0.25, 0.3) is 6.71 Å². The smallest absolute Gasteiger partial charge is 0.253 e. The molecule has 0 atom stereocenters. The normalized spacial score (nSPS) is 14.6. The minimum absolute atomic E-state index is 0.211. The van der Waals surface area contributed by atoms with E-state index in [-0.39, 0.29) is 23.8 Å². The number of rotatable bonds is 2. The highest BCUT2D eigenvalue weighted by Gasteiger charge is 2.49. The van der Waals surface area contributed by atoms with Gasteiger partial charge in [-0.05, 0) is 135 Å². The summed E-state index contributed by atoms with van der Waals surface area (Å²) in [5, 5.41) is 2.25. The average molecular weight is 665 g/mol. The summed E-state index contributed by atoms with van der Waals surface area (Å²) in [4.78, 5) is 4.25. The molecule has 0 N–H and O–H groups in total. The van der Waals surface area contributed by atoms with Crippen molar-refractivity contribution in [3.05, 3.63) is 161 Å². The fraction of sp³-hybridized carbons (Fsp3) is 0.130. The van der Waals surface area contributed by atoms with Crippen LogP contribution < -0.4 is 26.2 Å². The second-order valence-corrected chi connectivity index (χ2v) is 15.0. The maximum Gasteiger partial charge on any atom is 0.253 e. The Morgan fingerprint density at radius 2 is 1.06 bits per heavy atom. The predicted molar refractivity (Wildman–Crippen MR) is 210 cm³/mol. The Morgan fingerprint density at radius 3 is 1.75 bits per heavy atom. The minimum Gasteiger partial charge on any atom is -0.309 e. The third-order valence-corrected chi connectivity index (χ3v) is 11.5. The maximum atomic E-state index is 16.4. The molecule has 0 bridgehead atoms. The molecule has 1 aliphatic carbocycles. The van der Waals surface area contributed by atoms with Crippen molar-refractivity contribution in [3.8, 4) is 11.1 Å². The van der Waals surface area contributed by atoms with Crippen LogP contribution in [0.4, 0.5) is 42.9 Å². The average Bonchev–Trinajstić information content (AvgIpc) is 3.36. The Morgan fingerprint density at radius 1 is 0.490 bits per heavy atom. The van der Waals surface area contributed by atoms with Crippen molar-refractivity contribution in [1.82, 2.24) is 0 Å². The number of nitrogens with zero attached hydrogens (tertiary/aromatic N) is 2. The van der Waals surface area contributed by atoms with Crippen molar-refractivity contribution < 1.29 is 8.78 Å². The molecule has 0 fully saturated rings. The minimum atomic E-state index is -0.289. The van der Waals surface area contributed by atoms with E-state index in [4.69, 9.17) is 0 Å². The summed E-state index contributed by atoms with van der Waals surface area (Å²) >= 11 is 0. The molecule has 5 heteroatoms. The molecule has 2 nitrogen and oxygen atoms in total. The van der Waals surface area contributed by atoms with E-state index in [1.54, 1.807) is 12.1 Å². The molecule has 0 spiro atoms. The van der Waals surface area contributed by atoms with Crippen LogP contribution in [0.2, 0.25) is 0 Å². The number of fused-ring (bicyclic) bond motifs is 10. The maximum absolute atomic E-state index is 16.4. The van der Waals surface area contributed by atoms with Crippen LogP contribution in [-0.4, -0.2) is 6.71 Å². The van der Waals surface area contributed by atoms with Crippen LogP contribution in [0.1, 0.15) is 41.7 Å². The van der Waals surface area contributed by atoms with E-state index in [1.807, 2.05) is 38.1 Å². The third-order valence-electron chi connectivity index (χ3n) is 11.5. The van der Waals surface area contributed by atoms with Gasteiger partial charge in [-0.3, -0.25) is 0 Å². The monoisotopic (exact) mass is 664 g/mol. The van der Waals surface area contributed by atoms with E-state index >= 15 is 8.78 Å². The Hall–Kier alpha value is -5.68. The number of halogens is 2. The molecule has 0 unspecified atom stereocenters. The van der Waals surface area contributed by atoms with E-state index in [2.05, 4.69) is 116 Å². The van der Waals surface area contributed by atoms with Gasteiger partial charge in [0.15, 0.2) is 0 Å². The van der Waals surface area contributed by atoms with Gasteiger partial charge in [-0.1, -0.05) is 86.6 Å². The molecule has 0 saturated carbocycles. The summed E-state index contributed by atoms with van der Waals surface area (Å²) in [5.41, 5.74) is 15.8. The van der Waals surface area contributed by atoms with Crippen LogP contribution in [0.25, 0.3) is 21.9 Å². The molecule has 0 radical (unpaired) electrons. The summed E-state index contributed by atoms with van der Waals surface area (Å²) in [5.74, 6) is -0.576. The molecule has 7 aromatic rings. The molecule has 0 amide bonds. The summed E-state index contributed by atoms with van der Waals surface area (Å²) < 4.78 is 32.6. The highest BCUT2D eigenvalue weighted by Crippen LogP contribution is 2.53. The topological polar surface area (TPSA) is 6.48 Å². The third kappa shape index (κ3) is 4.03. The van der Waals surface area contributed by atoms with Gasteiger partial charge in [0.05, 0.1) is 11.4 Å². The molecule has 0 aromatic heterocycles. The fourth-order valence-electron chi connectivity index (χ4n) is 9.31. The second-order valence-electron chi connectivity index (χ2n) is 15.0. The summed E-state index contributed by atoms with van der Waals surface area (Å²) in [6.45, 7) is 10.5. The zero-order valence-corrected chi connectivity index (χ0v) is 29.3. The van der Waals surface area contributed by atoms with Gasteiger partial charge in [-0.25, -0.2) is 8.78 Å². The molecular formula is C46H35BF2N2. The lowest BCUT2D eigenvalue weighted by Crippen LogP contribution is -2.62. The first-order chi connectivity index (χ1) is 24.6. The summed E-state index contributed by atoms with van der Waals surface area (Å²) in [6, 6.07) is 41.1. The van der Waals surface area contributed by atoms with E-state index in [0.717, 1.165) is 66.6 Å². The Bertz CT molecular complexity index is 2640. The van der Waals surface area contributed by atoms with Gasteiger partial charge in [-0.15, -0.1) is 0 Å². The number of benzene rings is 7. The van der Waals surface area contributed by atoms with Crippen LogP contribution in [0.15, 0.2) is 121 Å². The molecule has 0 saturated heterocycles. The van der Waals surface area contributed by atoms with E-state index in [9.17, 15) is 0 Å². The molecule has 51 heavy (non-hydrogen) atoms. The first kappa shape index (κ1) is 30.2. The van der Waals surface area contributed by atoms with Crippen molar-refractivity contribution in [2.45, 2.75) is 40.0 Å². The molecule has 7 aromatic carbocycles. The lowest BCUT2D eigenvalue weighted by Gasteiger charge is -2.45. The van der Waals surface area contributed by atoms with Gasteiger partial charge in [0.2, 0.25) is 0 Å². The highest BCUT2D eigenvalue weighted by atomic mass is 19.1. The first-order valence-corrected chi connectivity index (χ1v) is 17.7. The van der Waals surface area contributed by atoms with Crippen molar-refractivity contribution in [1.29, 1.82) is 0 Å². The van der Waals surface area contributed by atoms with Crippen molar-refractivity contribution in [2.24, 2.45) is 0 Å². The molecule has 2 heterocycles. The number of aryl methyl sites for hydroxylation is 3. The Labute approximate surface area is 297 Å². The fourth-order valence-corrected chi connectivity index (χ4v) is 9.31. The quantitative estimate of drug-likeness (QED) is 0.170. The SMILES string of the molecule is Cc1ccc(F)c(N2c3cc(C)cc4c3B(c3c2ccc2c3-c3ccccc3C2(C)C)c2c(ccc3ccccc23)N4c2cc(C)ccc2F)c1. The Balaban J connectivity index is 1.43. The summed E-state index contributed by atoms with van der Waals surface area (Å²) in [6.07, 6.45) is 0. The standard InChI is InChI=1S/C46H35BF2N2/c1-26-14-18-34(48)38(22-26)50-36-20-16-29-10-6-7-11-30(29)43(36)47-44-40(50)24-28(3)25-41(44)51(39-23-27(2)15-19-35(39)49)37-21-17-33-42(45(37)47)31-12-8-9-13-32(31)46(33,4)5/h6-25H,1-5H3. The molecule has 3 aliphatic rings. The second kappa shape index (κ2) is 10.4. The van der Waals surface area contributed by atoms with E-state index in [0.29, 0.717) is 11.4 Å². The van der Waals surface area contributed by atoms with Crippen LogP contribution in [-0.2, 0) is 5.41 Å². The first-order valence-electron chi connectivity index (χ1n) is 17.7. The van der Waals surface area contributed by atoms with Crippen LogP contribution in [0, 0.1) is 32.4 Å². The lowest BCUT2D eigenvalue weighted by molar-refractivity contribution is 0.628. The Kier molecular flexibility index (Phi) is 6.17. The zero-order chi connectivity index (χ0) is 34.9. The van der Waals surface area contributed by atoms with Gasteiger partial charge in [0, 0.05) is 28.2 Å². The number of anilines is 6. The van der Waals surface area contributed by atoms with Crippen LogP contribution in [0.5, 0.6) is 0 Å². The van der Waals surface area contributed by atoms with E-state index < -0.39 is 0 Å². The van der Waals surface area contributed by atoms with Crippen LogP contribution in [0.3, 0.4) is 0 Å². The number of hydrogen-bond acceptors (Lipinski definition) is 2. The van der Waals surface area contributed by atoms with Crippen molar-refractivity contribution in [3.63, 3.8) is 0 Å². The molecular weight excluding hydrogens is 629 g/mol. The van der Waals surface area contributed by atoms with Gasteiger partial charge in [-0.2, -0.15) is 0 Å². The highest BCUT2D eigenvalue weighted by molar-refractivity contribution is 7.02. The summed E-state index contributed by atoms with van der Waals surface area (Å²) in [7, 11) is 0. The van der Waals surface area contributed by atoms with Gasteiger partial charge >= 0.3 is 0 Å². The van der Waals surface area contributed by atoms with E-state index in [1.165, 1.54) is 22.3 Å². The zero-order valence-electron chi connectivity index (χ0n) is 29.3. The molecule has 2 aliphatic heterocycles.